The molecule has 0 bridgehead atoms. The molecule has 0 fully saturated rings. The maximum absolute atomic E-state index is 2.59. The van der Waals surface area contributed by atoms with E-state index in [1.807, 2.05) is 0 Å². The van der Waals surface area contributed by atoms with E-state index >= 15 is 0 Å². The van der Waals surface area contributed by atoms with Gasteiger partial charge in [0, 0.05) is 27.8 Å². The highest BCUT2D eigenvalue weighted by molar-refractivity contribution is 6.13. The zero-order chi connectivity index (χ0) is 54.2. The van der Waals surface area contributed by atoms with Gasteiger partial charge in [-0.25, -0.2) is 0 Å². The number of para-hydroxylation sites is 3. The van der Waals surface area contributed by atoms with Crippen molar-refractivity contribution in [3.63, 3.8) is 0 Å². The Morgan fingerprint density at radius 2 is 0.566 bits per heavy atom. The van der Waals surface area contributed by atoms with Gasteiger partial charge in [0.2, 0.25) is 0 Å². The number of anilines is 3. The predicted octanol–water partition coefficient (Wildman–Crippen LogP) is 19.6. The highest BCUT2D eigenvalue weighted by Gasteiger charge is 2.54. The monoisotopic (exact) mass is 1050 g/mol. The molecule has 1 atom stereocenters. The standard InChI is InChI=1S/C81H50N2/c1-3-22-51(23-4-1)79(52-24-5-2-6-25-52)66-33-13-7-28-58(66)61-45-42-53(48-73(61)79)82(54-43-46-62-59-29-10-16-36-69(59)80(74(62)49-54)67-34-14-8-26-56(67)57-27-9-15-35-68(57)80)55-44-47-63-60-30-11-17-37-70(60)81(75(63)50-55)71-38-18-20-41-77(71)83-76-40-19-12-31-64(76)65-32-21-39-72(81)78(65)83/h1-50H. The lowest BCUT2D eigenvalue weighted by Crippen LogP contribution is -2.33. The summed E-state index contributed by atoms with van der Waals surface area (Å²) in [6.45, 7) is 0. The van der Waals surface area contributed by atoms with E-state index in [4.69, 9.17) is 0 Å². The van der Waals surface area contributed by atoms with E-state index in [1.54, 1.807) is 0 Å². The second-order valence-electron chi connectivity index (χ2n) is 23.3. The summed E-state index contributed by atoms with van der Waals surface area (Å²) in [7, 11) is 0. The van der Waals surface area contributed by atoms with Crippen LogP contribution >= 0.6 is 0 Å². The van der Waals surface area contributed by atoms with E-state index in [2.05, 4.69) is 313 Å². The van der Waals surface area contributed by atoms with Gasteiger partial charge in [0.15, 0.2) is 0 Å². The molecule has 0 saturated heterocycles. The fourth-order valence-electron chi connectivity index (χ4n) is 16.9. The molecule has 0 amide bonds. The molecule has 2 heteroatoms. The van der Waals surface area contributed by atoms with Gasteiger partial charge in [-0.1, -0.05) is 255 Å². The molecule has 2 spiro atoms. The molecule has 14 aromatic rings. The van der Waals surface area contributed by atoms with Crippen LogP contribution in [0.3, 0.4) is 0 Å². The van der Waals surface area contributed by atoms with Crippen molar-refractivity contribution in [1.29, 1.82) is 0 Å². The van der Waals surface area contributed by atoms with Crippen LogP contribution in [0.5, 0.6) is 0 Å². The fourth-order valence-corrected chi connectivity index (χ4v) is 16.9. The zero-order valence-electron chi connectivity index (χ0n) is 45.3. The van der Waals surface area contributed by atoms with Crippen LogP contribution in [0, 0.1) is 0 Å². The van der Waals surface area contributed by atoms with Crippen molar-refractivity contribution in [2.45, 2.75) is 16.2 Å². The Morgan fingerprint density at radius 1 is 0.229 bits per heavy atom. The molecule has 1 aliphatic heterocycles. The Morgan fingerprint density at radius 3 is 1.05 bits per heavy atom. The maximum atomic E-state index is 2.59. The average molecular weight is 1050 g/mol. The largest absolute Gasteiger partial charge is 0.310 e. The van der Waals surface area contributed by atoms with Crippen molar-refractivity contribution in [2.24, 2.45) is 0 Å². The lowest BCUT2D eigenvalue weighted by atomic mass is 9.65. The third kappa shape index (κ3) is 5.45. The molecule has 5 aliphatic rings. The second kappa shape index (κ2) is 16.3. The quantitative estimate of drug-likeness (QED) is 0.167. The van der Waals surface area contributed by atoms with Crippen molar-refractivity contribution >= 4 is 38.9 Å². The lowest BCUT2D eigenvalue weighted by Gasteiger charge is -2.40. The maximum Gasteiger partial charge on any atom is 0.0755 e. The molecule has 0 radical (unpaired) electrons. The van der Waals surface area contributed by atoms with Crippen molar-refractivity contribution < 1.29 is 0 Å². The Balaban J connectivity index is 0.922. The molecule has 0 N–H and O–H groups in total. The summed E-state index contributed by atoms with van der Waals surface area (Å²) in [5, 5.41) is 2.55. The third-order valence-corrected chi connectivity index (χ3v) is 19.9. The van der Waals surface area contributed by atoms with Crippen LogP contribution in [-0.2, 0) is 16.2 Å². The predicted molar refractivity (Wildman–Crippen MR) is 340 cm³/mol. The Labute approximate surface area is 482 Å². The Bertz CT molecular complexity index is 4910. The average Bonchev–Trinajstić information content (AvgIpc) is 3.65. The number of rotatable bonds is 5. The molecular weight excluding hydrogens is 1000 g/mol. The number of aromatic nitrogens is 1. The summed E-state index contributed by atoms with van der Waals surface area (Å²) in [6, 6.07) is 116. The number of hydrogen-bond acceptors (Lipinski definition) is 1. The lowest BCUT2D eigenvalue weighted by molar-refractivity contribution is 0.748. The van der Waals surface area contributed by atoms with Crippen molar-refractivity contribution in [1.82, 2.24) is 4.57 Å². The van der Waals surface area contributed by atoms with E-state index in [-0.39, 0.29) is 0 Å². The van der Waals surface area contributed by atoms with E-state index in [9.17, 15) is 0 Å². The van der Waals surface area contributed by atoms with E-state index in [1.165, 1.54) is 139 Å². The minimum atomic E-state index is -0.635. The van der Waals surface area contributed by atoms with Crippen LogP contribution in [0.15, 0.2) is 303 Å². The van der Waals surface area contributed by atoms with Crippen LogP contribution in [0.4, 0.5) is 17.1 Å². The molecule has 0 saturated carbocycles. The Hall–Kier alpha value is -10.5. The minimum Gasteiger partial charge on any atom is -0.310 e. The van der Waals surface area contributed by atoms with Crippen molar-refractivity contribution in [3.8, 4) is 50.2 Å². The summed E-state index contributed by atoms with van der Waals surface area (Å²) < 4.78 is 2.54. The molecule has 4 aliphatic carbocycles. The second-order valence-corrected chi connectivity index (χ2v) is 23.3. The van der Waals surface area contributed by atoms with Gasteiger partial charge in [-0.3, -0.25) is 0 Å². The van der Waals surface area contributed by atoms with Crippen molar-refractivity contribution in [3.05, 3.63) is 370 Å². The topological polar surface area (TPSA) is 8.17 Å². The molecule has 2 heterocycles. The Kier molecular flexibility index (Phi) is 8.89. The van der Waals surface area contributed by atoms with Gasteiger partial charge in [-0.2, -0.15) is 0 Å². The van der Waals surface area contributed by atoms with E-state index in [0.717, 1.165) is 17.1 Å². The summed E-state index contributed by atoms with van der Waals surface area (Å²) in [4.78, 5) is 2.59. The summed E-state index contributed by atoms with van der Waals surface area (Å²) in [5.74, 6) is 0. The first-order chi connectivity index (χ1) is 41.2. The minimum absolute atomic E-state index is 0.525. The number of hydrogen-bond donors (Lipinski definition) is 0. The molecule has 1 unspecified atom stereocenters. The van der Waals surface area contributed by atoms with Crippen LogP contribution in [0.1, 0.15) is 66.8 Å². The number of nitrogens with zero attached hydrogens (tertiary/aromatic N) is 2. The van der Waals surface area contributed by atoms with Crippen LogP contribution in [-0.4, -0.2) is 4.57 Å². The first-order valence-electron chi connectivity index (χ1n) is 29.2. The van der Waals surface area contributed by atoms with Crippen LogP contribution < -0.4 is 4.90 Å². The fraction of sp³-hybridized carbons (Fsp3) is 0.0370. The van der Waals surface area contributed by atoms with Crippen molar-refractivity contribution in [2.75, 3.05) is 4.90 Å². The van der Waals surface area contributed by atoms with Gasteiger partial charge >= 0.3 is 0 Å². The van der Waals surface area contributed by atoms with Gasteiger partial charge in [0.25, 0.3) is 0 Å². The van der Waals surface area contributed by atoms with E-state index in [0.29, 0.717) is 0 Å². The highest BCUT2D eigenvalue weighted by Crippen LogP contribution is 2.66. The number of fused-ring (bicyclic) bond motifs is 25. The molecule has 384 valence electrons. The van der Waals surface area contributed by atoms with Gasteiger partial charge in [-0.15, -0.1) is 0 Å². The van der Waals surface area contributed by atoms with Gasteiger partial charge < -0.3 is 9.47 Å². The van der Waals surface area contributed by atoms with Gasteiger partial charge in [-0.05, 0) is 160 Å². The zero-order valence-corrected chi connectivity index (χ0v) is 45.3. The first-order valence-corrected chi connectivity index (χ1v) is 29.2. The van der Waals surface area contributed by atoms with Gasteiger partial charge in [0.05, 0.1) is 33.0 Å². The van der Waals surface area contributed by atoms with E-state index < -0.39 is 16.2 Å². The SMILES string of the molecule is c1ccc(C2(c3ccccc3)c3ccccc3-c3ccc(N(c4ccc5c(c4)C4(c6ccccc6-c6ccccc64)c4ccccc4-5)c4ccc5c(c4)C4(c6ccccc6-5)c5ccccc5-n5c6ccccc6c6cccc4c65)cc32)cc1. The smallest absolute Gasteiger partial charge is 0.0755 e. The summed E-state index contributed by atoms with van der Waals surface area (Å²) in [6.07, 6.45) is 0. The molecule has 1 aromatic heterocycles. The molecule has 13 aromatic carbocycles. The highest BCUT2D eigenvalue weighted by atomic mass is 15.1. The van der Waals surface area contributed by atoms with Crippen LogP contribution in [0.2, 0.25) is 0 Å². The summed E-state index contributed by atoms with van der Waals surface area (Å²) >= 11 is 0. The van der Waals surface area contributed by atoms with Crippen LogP contribution in [0.25, 0.3) is 72.0 Å². The molecule has 19 rings (SSSR count). The van der Waals surface area contributed by atoms with Gasteiger partial charge in [0.1, 0.15) is 0 Å². The molecular formula is C81H50N2. The normalized spacial score (nSPS) is 16.0. The third-order valence-electron chi connectivity index (χ3n) is 19.9. The summed E-state index contributed by atoms with van der Waals surface area (Å²) in [5.41, 5.74) is 31.1. The molecule has 2 nitrogen and oxygen atoms in total. The number of benzene rings is 13. The first kappa shape index (κ1) is 45.2. The molecule has 83 heavy (non-hydrogen) atoms.